The maximum absolute atomic E-state index is 11.9. The van der Waals surface area contributed by atoms with Gasteiger partial charge in [-0.25, -0.2) is 0 Å². The molecule has 1 aromatic heterocycles. The number of benzene rings is 2. The van der Waals surface area contributed by atoms with Crippen molar-refractivity contribution in [3.8, 4) is 28.6 Å². The van der Waals surface area contributed by atoms with Crippen molar-refractivity contribution in [3.05, 3.63) is 47.5 Å². The van der Waals surface area contributed by atoms with E-state index in [1.54, 1.807) is 12.1 Å². The van der Waals surface area contributed by atoms with Gasteiger partial charge >= 0.3 is 0 Å². The molecule has 26 heavy (non-hydrogen) atoms. The number of hydrogen-bond acceptors (Lipinski definition) is 6. The standard InChI is InChI=1S/C20H19N3O3/c1-11(2)25-18-9-6-12(10-16(18)21)20-22-19(23-26-20)15-5-3-4-14-13(15)7-8-17(14)24/h3-6,9-11H,7-8,21H2,1-2H3. The number of ketones is 1. The van der Waals surface area contributed by atoms with E-state index in [9.17, 15) is 4.79 Å². The molecule has 0 saturated heterocycles. The molecule has 6 nitrogen and oxygen atoms in total. The largest absolute Gasteiger partial charge is 0.489 e. The van der Waals surface area contributed by atoms with Crippen LogP contribution in [-0.2, 0) is 6.42 Å². The predicted molar refractivity (Wildman–Crippen MR) is 98.0 cm³/mol. The fourth-order valence-electron chi connectivity index (χ4n) is 3.19. The normalized spacial score (nSPS) is 13.3. The summed E-state index contributed by atoms with van der Waals surface area (Å²) >= 11 is 0. The van der Waals surface area contributed by atoms with Gasteiger partial charge in [-0.2, -0.15) is 4.98 Å². The Morgan fingerprint density at radius 2 is 1.96 bits per heavy atom. The molecule has 3 aromatic rings. The predicted octanol–water partition coefficient (Wildman–Crippen LogP) is 3.90. The number of aromatic nitrogens is 2. The van der Waals surface area contributed by atoms with Crippen LogP contribution in [-0.4, -0.2) is 22.0 Å². The minimum Gasteiger partial charge on any atom is -0.489 e. The van der Waals surface area contributed by atoms with Gasteiger partial charge in [-0.15, -0.1) is 0 Å². The summed E-state index contributed by atoms with van der Waals surface area (Å²) in [6.07, 6.45) is 1.29. The zero-order valence-corrected chi connectivity index (χ0v) is 14.7. The molecule has 1 aliphatic rings. The number of ether oxygens (including phenoxy) is 1. The molecule has 0 saturated carbocycles. The van der Waals surface area contributed by atoms with Crippen molar-refractivity contribution >= 4 is 11.5 Å². The SMILES string of the molecule is CC(C)Oc1ccc(-c2nc(-c3cccc4c3CCC4=O)no2)cc1N. The number of rotatable bonds is 4. The van der Waals surface area contributed by atoms with Gasteiger partial charge in [0.25, 0.3) is 5.89 Å². The van der Waals surface area contributed by atoms with Crippen LogP contribution in [0.15, 0.2) is 40.9 Å². The summed E-state index contributed by atoms with van der Waals surface area (Å²) in [4.78, 5) is 16.4. The van der Waals surface area contributed by atoms with E-state index in [4.69, 9.17) is 15.0 Å². The molecule has 2 aromatic carbocycles. The number of carbonyl (C=O) groups is 1. The van der Waals surface area contributed by atoms with Crippen molar-refractivity contribution < 1.29 is 14.1 Å². The van der Waals surface area contributed by atoms with Gasteiger partial charge in [0.15, 0.2) is 5.78 Å². The van der Waals surface area contributed by atoms with Gasteiger partial charge in [0.05, 0.1) is 11.8 Å². The van der Waals surface area contributed by atoms with Crippen LogP contribution in [0.25, 0.3) is 22.8 Å². The van der Waals surface area contributed by atoms with Crippen molar-refractivity contribution in [3.63, 3.8) is 0 Å². The zero-order valence-electron chi connectivity index (χ0n) is 14.7. The maximum Gasteiger partial charge on any atom is 0.258 e. The third-order valence-electron chi connectivity index (χ3n) is 4.36. The van der Waals surface area contributed by atoms with Crippen LogP contribution in [0.3, 0.4) is 0 Å². The minimum atomic E-state index is 0.0426. The lowest BCUT2D eigenvalue weighted by Crippen LogP contribution is -2.07. The van der Waals surface area contributed by atoms with E-state index in [0.717, 1.165) is 22.3 Å². The first-order chi connectivity index (χ1) is 12.5. The van der Waals surface area contributed by atoms with E-state index in [2.05, 4.69) is 10.1 Å². The third kappa shape index (κ3) is 2.83. The highest BCUT2D eigenvalue weighted by Crippen LogP contribution is 2.33. The highest BCUT2D eigenvalue weighted by Gasteiger charge is 2.24. The molecule has 0 unspecified atom stereocenters. The monoisotopic (exact) mass is 349 g/mol. The van der Waals surface area contributed by atoms with Gasteiger partial charge in [0, 0.05) is 23.1 Å². The molecule has 132 valence electrons. The first-order valence-electron chi connectivity index (χ1n) is 8.58. The van der Waals surface area contributed by atoms with E-state index in [-0.39, 0.29) is 11.9 Å². The molecule has 1 heterocycles. The number of nitrogen functional groups attached to an aromatic ring is 1. The van der Waals surface area contributed by atoms with Crippen LogP contribution in [0.5, 0.6) is 5.75 Å². The van der Waals surface area contributed by atoms with Crippen LogP contribution >= 0.6 is 0 Å². The number of hydrogen-bond donors (Lipinski definition) is 1. The van der Waals surface area contributed by atoms with Crippen molar-refractivity contribution in [1.29, 1.82) is 0 Å². The Kier molecular flexibility index (Phi) is 3.95. The first kappa shape index (κ1) is 16.3. The van der Waals surface area contributed by atoms with Crippen molar-refractivity contribution in [1.82, 2.24) is 10.1 Å². The van der Waals surface area contributed by atoms with Gasteiger partial charge in [-0.3, -0.25) is 4.79 Å². The number of nitrogens with two attached hydrogens (primary N) is 1. The Hall–Kier alpha value is -3.15. The Morgan fingerprint density at radius 3 is 2.73 bits per heavy atom. The average molecular weight is 349 g/mol. The van der Waals surface area contributed by atoms with Crippen molar-refractivity contribution in [2.75, 3.05) is 5.73 Å². The topological polar surface area (TPSA) is 91.2 Å². The van der Waals surface area contributed by atoms with Crippen LogP contribution in [0.2, 0.25) is 0 Å². The number of anilines is 1. The maximum atomic E-state index is 11.9. The smallest absolute Gasteiger partial charge is 0.258 e. The summed E-state index contributed by atoms with van der Waals surface area (Å²) in [5.41, 5.74) is 9.89. The molecule has 1 aliphatic carbocycles. The van der Waals surface area contributed by atoms with Crippen molar-refractivity contribution in [2.45, 2.75) is 32.8 Å². The highest BCUT2D eigenvalue weighted by molar-refractivity contribution is 6.02. The van der Waals surface area contributed by atoms with Gasteiger partial charge in [-0.1, -0.05) is 23.4 Å². The van der Waals surface area contributed by atoms with Gasteiger partial charge < -0.3 is 15.0 Å². The number of nitrogens with zero attached hydrogens (tertiary/aromatic N) is 2. The van der Waals surface area contributed by atoms with Crippen molar-refractivity contribution in [2.24, 2.45) is 0 Å². The molecule has 2 N–H and O–H groups in total. The van der Waals surface area contributed by atoms with Crippen LogP contribution in [0.4, 0.5) is 5.69 Å². The molecule has 0 atom stereocenters. The molecule has 0 spiro atoms. The molecular weight excluding hydrogens is 330 g/mol. The lowest BCUT2D eigenvalue weighted by atomic mass is 10.0. The zero-order chi connectivity index (χ0) is 18.3. The molecule has 0 amide bonds. The Bertz CT molecular complexity index is 992. The van der Waals surface area contributed by atoms with E-state index >= 15 is 0 Å². The molecule has 0 aliphatic heterocycles. The van der Waals surface area contributed by atoms with Gasteiger partial charge in [0.1, 0.15) is 5.75 Å². The van der Waals surface area contributed by atoms with E-state index < -0.39 is 0 Å². The fraction of sp³-hybridized carbons (Fsp3) is 0.250. The van der Waals surface area contributed by atoms with Gasteiger partial charge in [0.2, 0.25) is 5.82 Å². The van der Waals surface area contributed by atoms with Crippen LogP contribution in [0.1, 0.15) is 36.2 Å². The second-order valence-electron chi connectivity index (χ2n) is 6.60. The van der Waals surface area contributed by atoms with Crippen LogP contribution in [0, 0.1) is 0 Å². The Balaban J connectivity index is 1.68. The molecular formula is C20H19N3O3. The summed E-state index contributed by atoms with van der Waals surface area (Å²) in [7, 11) is 0. The van der Waals surface area contributed by atoms with E-state index in [1.807, 2.05) is 38.1 Å². The summed E-state index contributed by atoms with van der Waals surface area (Å²) < 4.78 is 11.1. The van der Waals surface area contributed by atoms with Crippen LogP contribution < -0.4 is 10.5 Å². The summed E-state index contributed by atoms with van der Waals surface area (Å²) in [5.74, 6) is 1.65. The quantitative estimate of drug-likeness (QED) is 0.718. The van der Waals surface area contributed by atoms with E-state index in [1.165, 1.54) is 0 Å². The second-order valence-corrected chi connectivity index (χ2v) is 6.60. The number of fused-ring (bicyclic) bond motifs is 1. The van der Waals surface area contributed by atoms with E-state index in [0.29, 0.717) is 36.0 Å². The second kappa shape index (κ2) is 6.29. The molecule has 0 fully saturated rings. The summed E-state index contributed by atoms with van der Waals surface area (Å²) in [5, 5.41) is 4.10. The summed E-state index contributed by atoms with van der Waals surface area (Å²) in [6.45, 7) is 3.89. The Labute approximate surface area is 151 Å². The number of Topliss-reactive ketones (excluding diaryl/α,β-unsaturated/α-hetero) is 1. The van der Waals surface area contributed by atoms with Gasteiger partial charge in [-0.05, 0) is 44.0 Å². The average Bonchev–Trinajstić information content (AvgIpc) is 3.24. The first-order valence-corrected chi connectivity index (χ1v) is 8.58. The number of carbonyl (C=O) groups excluding carboxylic acids is 1. The lowest BCUT2D eigenvalue weighted by Gasteiger charge is -2.12. The molecule has 6 heteroatoms. The molecule has 4 rings (SSSR count). The molecule has 0 bridgehead atoms. The Morgan fingerprint density at radius 1 is 1.15 bits per heavy atom. The highest BCUT2D eigenvalue weighted by atomic mass is 16.5. The minimum absolute atomic E-state index is 0.0426. The fourth-order valence-corrected chi connectivity index (χ4v) is 3.19. The summed E-state index contributed by atoms with van der Waals surface area (Å²) in [6, 6.07) is 11.0. The third-order valence-corrected chi connectivity index (χ3v) is 4.36. The molecule has 0 radical (unpaired) electrons. The lowest BCUT2D eigenvalue weighted by molar-refractivity contribution is 0.0994.